The second-order valence-electron chi connectivity index (χ2n) is 19.7. The number of nitrogens with zero attached hydrogens (tertiary/aromatic N) is 9. The molecule has 67 heavy (non-hydrogen) atoms. The quantitative estimate of drug-likeness (QED) is 0.152. The number of amides is 3. The van der Waals surface area contributed by atoms with Gasteiger partial charge in [0.1, 0.15) is 23.3 Å². The molecule has 3 aromatic heterocycles. The Labute approximate surface area is 387 Å². The summed E-state index contributed by atoms with van der Waals surface area (Å²) in [6, 6.07) is 15.5. The number of imide groups is 1. The highest BCUT2D eigenvalue weighted by molar-refractivity contribution is 6.05. The molecule has 15 nitrogen and oxygen atoms in total. The number of rotatable bonds is 10. The molecule has 5 aliphatic heterocycles. The summed E-state index contributed by atoms with van der Waals surface area (Å²) in [7, 11) is 0. The van der Waals surface area contributed by atoms with Crippen molar-refractivity contribution in [1.29, 1.82) is 0 Å². The number of pyridine rings is 1. The molecule has 0 spiro atoms. The van der Waals surface area contributed by atoms with Gasteiger partial charge in [0.15, 0.2) is 11.5 Å². The van der Waals surface area contributed by atoms with E-state index in [9.17, 15) is 19.5 Å². The summed E-state index contributed by atoms with van der Waals surface area (Å²) in [4.78, 5) is 62.7. The Hall–Kier alpha value is -6.04. The largest absolute Gasteiger partial charge is 0.384 e. The Morgan fingerprint density at radius 2 is 1.60 bits per heavy atom. The van der Waals surface area contributed by atoms with E-state index in [4.69, 9.17) is 9.97 Å². The maximum absolute atomic E-state index is 16.1. The van der Waals surface area contributed by atoms with Crippen LogP contribution in [0.3, 0.4) is 0 Å². The summed E-state index contributed by atoms with van der Waals surface area (Å²) in [6.07, 6.45) is 8.00. The van der Waals surface area contributed by atoms with E-state index in [0.717, 1.165) is 107 Å². The molecule has 3 amide bonds. The minimum Gasteiger partial charge on any atom is -0.384 e. The van der Waals surface area contributed by atoms with Gasteiger partial charge >= 0.3 is 0 Å². The Balaban J connectivity index is 0.636. The van der Waals surface area contributed by atoms with Crippen LogP contribution < -0.4 is 20.4 Å². The lowest BCUT2D eigenvalue weighted by atomic mass is 9.97. The van der Waals surface area contributed by atoms with Crippen LogP contribution in [0, 0.1) is 11.6 Å². The van der Waals surface area contributed by atoms with Crippen molar-refractivity contribution in [3.63, 3.8) is 0 Å². The first-order valence-corrected chi connectivity index (χ1v) is 24.1. The predicted molar refractivity (Wildman–Crippen MR) is 248 cm³/mol. The highest BCUT2D eigenvalue weighted by Gasteiger charge is 2.43. The molecule has 1 unspecified atom stereocenters. The molecule has 348 valence electrons. The van der Waals surface area contributed by atoms with E-state index in [1.165, 1.54) is 11.0 Å². The fourth-order valence-electron chi connectivity index (χ4n) is 11.6. The summed E-state index contributed by atoms with van der Waals surface area (Å²) >= 11 is 0. The number of aromatic nitrogens is 4. The van der Waals surface area contributed by atoms with Crippen LogP contribution >= 0.6 is 0 Å². The molecule has 1 saturated carbocycles. The summed E-state index contributed by atoms with van der Waals surface area (Å²) < 4.78 is 33.3. The number of halogens is 2. The van der Waals surface area contributed by atoms with Crippen LogP contribution in [0.5, 0.6) is 0 Å². The molecule has 2 aromatic carbocycles. The molecule has 17 heteroatoms. The maximum Gasteiger partial charge on any atom is 0.255 e. The molecule has 12 rings (SSSR count). The first-order valence-electron chi connectivity index (χ1n) is 24.1. The van der Waals surface area contributed by atoms with Crippen LogP contribution in [0.25, 0.3) is 16.9 Å². The maximum atomic E-state index is 16.1. The Bertz CT molecular complexity index is 2810. The average Bonchev–Trinajstić information content (AvgIpc) is 3.97. The minimum atomic E-state index is -0.980. The van der Waals surface area contributed by atoms with Crippen LogP contribution in [0.15, 0.2) is 54.7 Å². The number of hydrogen-bond acceptors (Lipinski definition) is 12. The van der Waals surface area contributed by atoms with Crippen molar-refractivity contribution in [1.82, 2.24) is 39.5 Å². The van der Waals surface area contributed by atoms with Gasteiger partial charge in [-0.3, -0.25) is 34.1 Å². The lowest BCUT2D eigenvalue weighted by Gasteiger charge is -2.50. The molecule has 8 heterocycles. The number of fused-ring (bicyclic) bond motifs is 3. The summed E-state index contributed by atoms with van der Waals surface area (Å²) in [5, 5.41) is 17.4. The number of aliphatic hydroxyl groups is 1. The summed E-state index contributed by atoms with van der Waals surface area (Å²) in [5.41, 5.74) is 5.29. The molecule has 5 aromatic rings. The topological polar surface area (TPSA) is 155 Å². The van der Waals surface area contributed by atoms with E-state index in [-0.39, 0.29) is 42.9 Å². The predicted octanol–water partition coefficient (Wildman–Crippen LogP) is 5.49. The van der Waals surface area contributed by atoms with Crippen molar-refractivity contribution in [3.05, 3.63) is 94.4 Å². The van der Waals surface area contributed by atoms with Gasteiger partial charge in [0.05, 0.1) is 22.5 Å². The van der Waals surface area contributed by atoms with Gasteiger partial charge in [0.25, 0.3) is 5.91 Å². The molecule has 0 radical (unpaired) electrons. The smallest absolute Gasteiger partial charge is 0.255 e. The first-order chi connectivity index (χ1) is 32.5. The van der Waals surface area contributed by atoms with Crippen molar-refractivity contribution in [2.24, 2.45) is 0 Å². The molecule has 7 aliphatic rings. The molecule has 5 fully saturated rings. The van der Waals surface area contributed by atoms with Gasteiger partial charge in [-0.05, 0) is 105 Å². The zero-order valence-electron chi connectivity index (χ0n) is 37.7. The van der Waals surface area contributed by atoms with E-state index in [2.05, 4.69) is 42.5 Å². The first kappa shape index (κ1) is 42.3. The van der Waals surface area contributed by atoms with Crippen molar-refractivity contribution in [2.75, 3.05) is 67.5 Å². The Kier molecular flexibility index (Phi) is 10.3. The number of piperazine rings is 1. The number of nitrogens with one attached hydrogen (secondary N) is 2. The van der Waals surface area contributed by atoms with Gasteiger partial charge in [0, 0.05) is 106 Å². The molecular formula is C50H55F2N11O4. The van der Waals surface area contributed by atoms with Crippen molar-refractivity contribution in [2.45, 2.75) is 101 Å². The highest BCUT2D eigenvalue weighted by atomic mass is 19.1. The molecule has 3 N–H and O–H groups in total. The van der Waals surface area contributed by atoms with Gasteiger partial charge in [-0.1, -0.05) is 13.0 Å². The normalized spacial score (nSPS) is 24.1. The van der Waals surface area contributed by atoms with Crippen LogP contribution in [0.1, 0.15) is 97.1 Å². The van der Waals surface area contributed by atoms with Crippen LogP contribution in [-0.4, -0.2) is 128 Å². The van der Waals surface area contributed by atoms with E-state index in [1.807, 2.05) is 40.7 Å². The molecule has 2 aliphatic carbocycles. The molecule has 4 saturated heterocycles. The second-order valence-corrected chi connectivity index (χ2v) is 19.7. The number of aryl methyl sites for hydroxylation is 1. The summed E-state index contributed by atoms with van der Waals surface area (Å²) in [6.45, 7) is 9.54. The minimum absolute atomic E-state index is 0.0951. The summed E-state index contributed by atoms with van der Waals surface area (Å²) in [5.74, 6) is -0.856. The van der Waals surface area contributed by atoms with Gasteiger partial charge in [0.2, 0.25) is 17.8 Å². The third kappa shape index (κ3) is 7.40. The van der Waals surface area contributed by atoms with E-state index >= 15 is 8.78 Å². The fourth-order valence-corrected chi connectivity index (χ4v) is 11.6. The SMILES string of the molecule is CC[C@@]1(O)CCc2ccc(-n3c(C4CC4)c(F)c4cnc(Nc5ccc(N6CCN(C7CCN(C8CN(c9cc%10c(cc9F)C(=O)N(C9CCC(=O)NC9=O)C%10)C8)CC7)CC6)cc5)nc43)nc21. The lowest BCUT2D eigenvalue weighted by molar-refractivity contribution is -0.136. The zero-order chi connectivity index (χ0) is 45.7. The molecular weight excluding hydrogens is 857 g/mol. The van der Waals surface area contributed by atoms with Crippen molar-refractivity contribution < 1.29 is 28.3 Å². The standard InChI is InChI=1S/C50H55F2N11O4/c1-2-50(67)16-13-30-5-11-41(55-45(30)50)63-44(29-3-4-29)43(52)37-25-53-49(57-46(37)63)54-32-6-8-33(9-7-32)59-19-21-60(22-20-59)34-14-17-58(18-15-34)35-27-61(28-35)40-23-31-26-62(48(66)36(31)24-38(40)51)39-10-12-42(64)56-47(39)65/h5-9,11,23-25,29,34-35,39,67H,2-4,10,12-22,26-28H2,1H3,(H,53,54,57)(H,56,64,65)/t39?,50-/m1/s1. The van der Waals surface area contributed by atoms with Gasteiger partial charge < -0.3 is 25.1 Å². The van der Waals surface area contributed by atoms with Crippen LogP contribution in [0.2, 0.25) is 0 Å². The number of anilines is 4. The van der Waals surface area contributed by atoms with Gasteiger partial charge in [-0.25, -0.2) is 18.7 Å². The van der Waals surface area contributed by atoms with E-state index in [1.54, 1.807) is 12.3 Å². The monoisotopic (exact) mass is 911 g/mol. The van der Waals surface area contributed by atoms with E-state index in [0.29, 0.717) is 70.4 Å². The van der Waals surface area contributed by atoms with Crippen LogP contribution in [-0.2, 0) is 28.2 Å². The lowest BCUT2D eigenvalue weighted by Crippen LogP contribution is -2.62. The third-order valence-corrected chi connectivity index (χ3v) is 15.8. The highest BCUT2D eigenvalue weighted by Crippen LogP contribution is 2.46. The zero-order valence-corrected chi connectivity index (χ0v) is 37.7. The van der Waals surface area contributed by atoms with Gasteiger partial charge in [-0.15, -0.1) is 0 Å². The fraction of sp³-hybridized carbons (Fsp3) is 0.480. The third-order valence-electron chi connectivity index (χ3n) is 15.8. The van der Waals surface area contributed by atoms with Crippen molar-refractivity contribution >= 4 is 51.8 Å². The number of benzene rings is 2. The second kappa shape index (κ2) is 16.3. The van der Waals surface area contributed by atoms with Crippen molar-refractivity contribution in [3.8, 4) is 5.82 Å². The number of piperidine rings is 2. The number of carbonyl (C=O) groups is 3. The van der Waals surface area contributed by atoms with E-state index < -0.39 is 23.4 Å². The van der Waals surface area contributed by atoms with Gasteiger partial charge in [-0.2, -0.15) is 4.98 Å². The average molecular weight is 912 g/mol. The number of carbonyl (C=O) groups excluding carboxylic acids is 3. The number of likely N-dealkylation sites (tertiary alicyclic amines) is 1. The Morgan fingerprint density at radius 3 is 2.33 bits per heavy atom. The Morgan fingerprint density at radius 1 is 0.836 bits per heavy atom. The molecule has 0 bridgehead atoms. The van der Waals surface area contributed by atoms with Crippen LogP contribution in [0.4, 0.5) is 31.8 Å². The molecule has 2 atom stereocenters. The number of hydrogen-bond donors (Lipinski definition) is 3.